The molecule has 0 bridgehead atoms. The van der Waals surface area contributed by atoms with E-state index in [0.29, 0.717) is 0 Å². The van der Waals surface area contributed by atoms with E-state index in [2.05, 4.69) is 63.9 Å². The summed E-state index contributed by atoms with van der Waals surface area (Å²) in [5.41, 5.74) is 0. The molecule has 0 aliphatic rings. The van der Waals surface area contributed by atoms with Crippen LogP contribution in [0.15, 0.2) is 4.99 Å². The van der Waals surface area contributed by atoms with Crippen LogP contribution in [0.25, 0.3) is 0 Å². The molecule has 0 fully saturated rings. The van der Waals surface area contributed by atoms with Gasteiger partial charge in [0.2, 0.25) is 6.08 Å². The largest absolute Gasteiger partial charge is 0.456 e. The van der Waals surface area contributed by atoms with Crippen LogP contribution in [0.2, 0.25) is 71.0 Å². The first-order chi connectivity index (χ1) is 11.0. The normalized spacial score (nSPS) is 15.2. The Balaban J connectivity index is 4.91. The Morgan fingerprint density at radius 3 is 1.72 bits per heavy atom. The molecule has 0 saturated heterocycles. The zero-order valence-corrected chi connectivity index (χ0v) is 23.5. The van der Waals surface area contributed by atoms with Crippen molar-refractivity contribution in [2.45, 2.75) is 90.0 Å². The van der Waals surface area contributed by atoms with E-state index >= 15 is 0 Å². The van der Waals surface area contributed by atoms with Crippen molar-refractivity contribution < 1.29 is 17.1 Å². The molecule has 0 aromatic carbocycles. The van der Waals surface area contributed by atoms with E-state index in [0.717, 1.165) is 12.1 Å². The molecule has 10 heteroatoms. The smallest absolute Gasteiger partial charge is 0.300 e. The van der Waals surface area contributed by atoms with Gasteiger partial charge in [0.1, 0.15) is 0 Å². The van der Waals surface area contributed by atoms with Crippen LogP contribution in [0.3, 0.4) is 0 Å². The molecule has 25 heavy (non-hydrogen) atoms. The summed E-state index contributed by atoms with van der Waals surface area (Å²) in [6, 6.07) is 2.04. The summed E-state index contributed by atoms with van der Waals surface area (Å²) in [6.07, 6.45) is 1.70. The molecule has 0 aliphatic heterocycles. The number of rotatable bonds is 11. The second-order valence-corrected chi connectivity index (χ2v) is 29.2. The lowest BCUT2D eigenvalue weighted by Gasteiger charge is -2.35. The van der Waals surface area contributed by atoms with E-state index in [9.17, 15) is 4.79 Å². The van der Waals surface area contributed by atoms with E-state index in [1.54, 1.807) is 6.08 Å². The highest BCUT2D eigenvalue weighted by Gasteiger charge is 2.36. The van der Waals surface area contributed by atoms with E-state index in [1.807, 2.05) is 13.8 Å². The fourth-order valence-electron chi connectivity index (χ4n) is 2.29. The highest BCUT2D eigenvalue weighted by molar-refractivity contribution is 6.83. The van der Waals surface area contributed by atoms with Crippen LogP contribution < -0.4 is 0 Å². The Morgan fingerprint density at radius 1 is 0.920 bits per heavy atom. The van der Waals surface area contributed by atoms with Gasteiger partial charge >= 0.3 is 9.28 Å². The van der Waals surface area contributed by atoms with E-state index < -0.39 is 48.4 Å². The van der Waals surface area contributed by atoms with Crippen molar-refractivity contribution in [3.8, 4) is 0 Å². The second-order valence-electron chi connectivity index (χ2n) is 9.81. The van der Waals surface area contributed by atoms with Gasteiger partial charge in [0, 0.05) is 0 Å². The second kappa shape index (κ2) is 9.51. The summed E-state index contributed by atoms with van der Waals surface area (Å²) >= 11 is 0. The molecule has 0 spiro atoms. The molecule has 148 valence electrons. The molecule has 0 radical (unpaired) electrons. The van der Waals surface area contributed by atoms with E-state index in [4.69, 9.17) is 12.3 Å². The zero-order valence-electron chi connectivity index (χ0n) is 18.1. The molecule has 0 N–H and O–H groups in total. The molecule has 0 aromatic heterocycles. The van der Waals surface area contributed by atoms with Crippen LogP contribution in [-0.4, -0.2) is 54.5 Å². The first-order valence-corrected chi connectivity index (χ1v) is 23.0. The van der Waals surface area contributed by atoms with Gasteiger partial charge in [-0.1, -0.05) is 0 Å². The molecule has 0 saturated carbocycles. The summed E-state index contributed by atoms with van der Waals surface area (Å²) in [5, 5.41) is -0.410. The predicted octanol–water partition coefficient (Wildman–Crippen LogP) is 4.14. The molecular weight excluding hydrogens is 399 g/mol. The lowest BCUT2D eigenvalue weighted by atomic mass is 10.4. The van der Waals surface area contributed by atoms with Gasteiger partial charge < -0.3 is 12.3 Å². The van der Waals surface area contributed by atoms with Gasteiger partial charge in [-0.25, -0.2) is 9.79 Å². The van der Waals surface area contributed by atoms with Crippen LogP contribution in [-0.2, 0) is 17.1 Å². The first kappa shape index (κ1) is 25.3. The van der Waals surface area contributed by atoms with Crippen molar-refractivity contribution in [1.82, 2.24) is 0 Å². The summed E-state index contributed by atoms with van der Waals surface area (Å²) in [4.78, 5) is 14.6. The summed E-state index contributed by atoms with van der Waals surface area (Å²) < 4.78 is 19.3. The van der Waals surface area contributed by atoms with Crippen molar-refractivity contribution in [1.29, 1.82) is 0 Å². The molecule has 1 unspecified atom stereocenters. The highest BCUT2D eigenvalue weighted by Crippen LogP contribution is 2.24. The van der Waals surface area contributed by atoms with Gasteiger partial charge in [-0.3, -0.25) is 0 Å². The molecule has 0 aliphatic carbocycles. The maximum Gasteiger partial charge on any atom is 0.300 e. The fourth-order valence-corrected chi connectivity index (χ4v) is 19.6. The van der Waals surface area contributed by atoms with Crippen LogP contribution in [0, 0.1) is 0 Å². The molecule has 0 aromatic rings. The van der Waals surface area contributed by atoms with Gasteiger partial charge in [0.25, 0.3) is 0 Å². The van der Waals surface area contributed by atoms with Crippen LogP contribution in [0.1, 0.15) is 13.8 Å². The third-order valence-electron chi connectivity index (χ3n) is 3.78. The van der Waals surface area contributed by atoms with E-state index in [-0.39, 0.29) is 0 Å². The molecule has 0 amide bonds. The average Bonchev–Trinajstić information content (AvgIpc) is 2.31. The van der Waals surface area contributed by atoms with Crippen molar-refractivity contribution in [2.24, 2.45) is 4.99 Å². The van der Waals surface area contributed by atoms with Crippen LogP contribution >= 0.6 is 0 Å². The standard InChI is InChI=1S/C15H39NO4Si5/c1-15(2,16-14-17)21(3)18-25(10,11)13-12-22(19-23(4,5)6)20-24(7,8)9/h21-22H,12-13H2,1-11H3. The maximum absolute atomic E-state index is 10.6. The van der Waals surface area contributed by atoms with Crippen molar-refractivity contribution >= 4 is 49.4 Å². The lowest BCUT2D eigenvalue weighted by Crippen LogP contribution is -2.48. The molecule has 1 atom stereocenters. The SMILES string of the molecule is C[SiH](O[Si](C)(C)CC[SiH](O[Si](C)(C)C)O[Si](C)(C)C)C(C)(C)N=C=O. The minimum absolute atomic E-state index is 0.410. The minimum atomic E-state index is -1.84. The van der Waals surface area contributed by atoms with E-state index in [1.165, 1.54) is 0 Å². The minimum Gasteiger partial charge on any atom is -0.456 e. The summed E-state index contributed by atoms with van der Waals surface area (Å²) in [5.74, 6) is 0. The Labute approximate surface area is 161 Å². The summed E-state index contributed by atoms with van der Waals surface area (Å²) in [7, 11) is -8.35. The number of nitrogens with zero attached hydrogens (tertiary/aromatic N) is 1. The molecular formula is C15H39NO4Si5. The fraction of sp³-hybridized carbons (Fsp3) is 0.933. The number of carbonyl (C=O) groups excluding carboxylic acids is 1. The van der Waals surface area contributed by atoms with Crippen molar-refractivity contribution in [2.75, 3.05) is 0 Å². The highest BCUT2D eigenvalue weighted by atomic mass is 28.4. The topological polar surface area (TPSA) is 57.1 Å². The van der Waals surface area contributed by atoms with Gasteiger partial charge in [0.05, 0.1) is 5.16 Å². The number of hydrogen-bond donors (Lipinski definition) is 0. The Bertz CT molecular complexity index is 452. The quantitative estimate of drug-likeness (QED) is 0.277. The lowest BCUT2D eigenvalue weighted by molar-refractivity contribution is 0.417. The zero-order chi connectivity index (χ0) is 20.1. The Kier molecular flexibility index (Phi) is 9.64. The summed E-state index contributed by atoms with van der Waals surface area (Å²) in [6.45, 7) is 24.0. The molecule has 0 heterocycles. The van der Waals surface area contributed by atoms with Crippen LogP contribution in [0.4, 0.5) is 0 Å². The van der Waals surface area contributed by atoms with Gasteiger partial charge in [-0.05, 0) is 84.9 Å². The maximum atomic E-state index is 10.6. The molecule has 5 nitrogen and oxygen atoms in total. The monoisotopic (exact) mass is 437 g/mol. The van der Waals surface area contributed by atoms with Gasteiger partial charge in [-0.2, -0.15) is 0 Å². The number of isocyanates is 1. The predicted molar refractivity (Wildman–Crippen MR) is 119 cm³/mol. The van der Waals surface area contributed by atoms with Gasteiger partial charge in [0.15, 0.2) is 34.0 Å². The van der Waals surface area contributed by atoms with Crippen molar-refractivity contribution in [3.63, 3.8) is 0 Å². The molecule has 0 rings (SSSR count). The third kappa shape index (κ3) is 12.4. The van der Waals surface area contributed by atoms with Crippen LogP contribution in [0.5, 0.6) is 0 Å². The Morgan fingerprint density at radius 2 is 1.36 bits per heavy atom. The Hall–Kier alpha value is 0.344. The first-order valence-electron chi connectivity index (χ1n) is 9.10. The third-order valence-corrected chi connectivity index (χ3v) is 20.5. The number of aliphatic imine (C=N–C) groups is 1. The van der Waals surface area contributed by atoms with Gasteiger partial charge in [-0.15, -0.1) is 0 Å². The van der Waals surface area contributed by atoms with Crippen molar-refractivity contribution in [3.05, 3.63) is 0 Å². The number of hydrogen-bond acceptors (Lipinski definition) is 5. The average molecular weight is 438 g/mol.